The number of hydrogen-bond donors (Lipinski definition) is 1. The average molecular weight is 248 g/mol. The molecular formula is C13H16N2OS. The summed E-state index contributed by atoms with van der Waals surface area (Å²) in [6, 6.07) is 6.30. The fourth-order valence-electron chi connectivity index (χ4n) is 1.73. The number of ether oxygens (including phenoxy) is 1. The molecule has 0 saturated carbocycles. The van der Waals surface area contributed by atoms with E-state index < -0.39 is 0 Å². The molecule has 1 aromatic heterocycles. The number of aromatic nitrogens is 1. The van der Waals surface area contributed by atoms with E-state index in [0.29, 0.717) is 0 Å². The summed E-state index contributed by atoms with van der Waals surface area (Å²) < 4.78 is 5.24. The lowest BCUT2D eigenvalue weighted by molar-refractivity contribution is 0.412. The van der Waals surface area contributed by atoms with E-state index in [0.717, 1.165) is 22.7 Å². The molecule has 2 rings (SSSR count). The van der Waals surface area contributed by atoms with Gasteiger partial charge in [-0.15, -0.1) is 11.3 Å². The molecule has 1 N–H and O–H groups in total. The second kappa shape index (κ2) is 5.19. The Morgan fingerprint density at radius 3 is 2.82 bits per heavy atom. The first-order chi connectivity index (χ1) is 8.20. The van der Waals surface area contributed by atoms with Crippen molar-refractivity contribution in [3.8, 4) is 5.75 Å². The van der Waals surface area contributed by atoms with Crippen molar-refractivity contribution in [3.63, 3.8) is 0 Å². The second-order valence-electron chi connectivity index (χ2n) is 3.96. The minimum Gasteiger partial charge on any atom is -0.496 e. The molecule has 0 aliphatic heterocycles. The van der Waals surface area contributed by atoms with Crippen LogP contribution in [0.5, 0.6) is 5.75 Å². The number of aryl methyl sites for hydroxylation is 1. The smallest absolute Gasteiger partial charge is 0.121 e. The van der Waals surface area contributed by atoms with E-state index in [2.05, 4.69) is 28.7 Å². The molecule has 90 valence electrons. The highest BCUT2D eigenvalue weighted by Crippen LogP contribution is 2.24. The van der Waals surface area contributed by atoms with Gasteiger partial charge in [0.15, 0.2) is 0 Å². The van der Waals surface area contributed by atoms with Crippen LogP contribution in [-0.4, -0.2) is 12.1 Å². The van der Waals surface area contributed by atoms with Crippen LogP contribution < -0.4 is 10.1 Å². The first-order valence-electron chi connectivity index (χ1n) is 5.50. The Bertz CT molecular complexity index is 482. The molecule has 1 atom stereocenters. The van der Waals surface area contributed by atoms with Crippen LogP contribution in [-0.2, 0) is 0 Å². The fourth-order valence-corrected chi connectivity index (χ4v) is 2.38. The van der Waals surface area contributed by atoms with Gasteiger partial charge in [-0.05, 0) is 37.6 Å². The van der Waals surface area contributed by atoms with Gasteiger partial charge in [0.05, 0.1) is 24.4 Å². The van der Waals surface area contributed by atoms with Crippen LogP contribution in [0.4, 0.5) is 5.69 Å². The zero-order valence-corrected chi connectivity index (χ0v) is 11.0. The highest BCUT2D eigenvalue weighted by Gasteiger charge is 2.07. The third-order valence-electron chi connectivity index (χ3n) is 2.67. The van der Waals surface area contributed by atoms with Crippen molar-refractivity contribution in [2.45, 2.75) is 19.9 Å². The van der Waals surface area contributed by atoms with E-state index in [-0.39, 0.29) is 6.04 Å². The molecule has 0 aliphatic carbocycles. The Labute approximate surface area is 105 Å². The van der Waals surface area contributed by atoms with Gasteiger partial charge >= 0.3 is 0 Å². The summed E-state index contributed by atoms with van der Waals surface area (Å²) in [6.07, 6.45) is 0. The maximum Gasteiger partial charge on any atom is 0.121 e. The first-order valence-corrected chi connectivity index (χ1v) is 6.44. The van der Waals surface area contributed by atoms with Crippen LogP contribution in [0.25, 0.3) is 0 Å². The summed E-state index contributed by atoms with van der Waals surface area (Å²) in [7, 11) is 1.69. The van der Waals surface area contributed by atoms with Gasteiger partial charge < -0.3 is 10.1 Å². The number of thiazole rings is 1. The molecule has 1 heterocycles. The number of nitrogens with one attached hydrogen (secondary N) is 1. The van der Waals surface area contributed by atoms with Crippen LogP contribution in [0, 0.1) is 6.92 Å². The van der Waals surface area contributed by atoms with Crippen molar-refractivity contribution in [2.24, 2.45) is 0 Å². The third kappa shape index (κ3) is 2.77. The second-order valence-corrected chi connectivity index (χ2v) is 4.68. The SMILES string of the molecule is COc1ccc(NC(C)c2cscn2)cc1C. The normalized spacial score (nSPS) is 12.2. The summed E-state index contributed by atoms with van der Waals surface area (Å²) in [5, 5.41) is 5.49. The van der Waals surface area contributed by atoms with E-state index in [1.807, 2.05) is 24.6 Å². The summed E-state index contributed by atoms with van der Waals surface area (Å²) in [5.74, 6) is 0.914. The molecule has 1 unspecified atom stereocenters. The Morgan fingerprint density at radius 2 is 2.24 bits per heavy atom. The molecule has 0 fully saturated rings. The Balaban J connectivity index is 2.11. The molecule has 0 aliphatic rings. The molecule has 0 spiro atoms. The Hall–Kier alpha value is -1.55. The van der Waals surface area contributed by atoms with Crippen molar-refractivity contribution in [1.82, 2.24) is 4.98 Å². The van der Waals surface area contributed by atoms with Crippen molar-refractivity contribution < 1.29 is 4.74 Å². The Morgan fingerprint density at radius 1 is 1.41 bits per heavy atom. The van der Waals surface area contributed by atoms with Crippen molar-refractivity contribution in [1.29, 1.82) is 0 Å². The lowest BCUT2D eigenvalue weighted by atomic mass is 10.1. The fraction of sp³-hybridized carbons (Fsp3) is 0.308. The zero-order chi connectivity index (χ0) is 12.3. The summed E-state index contributed by atoms with van der Waals surface area (Å²) in [4.78, 5) is 4.30. The number of rotatable bonds is 4. The van der Waals surface area contributed by atoms with Gasteiger partial charge in [0.2, 0.25) is 0 Å². The minimum atomic E-state index is 0.217. The van der Waals surface area contributed by atoms with Crippen molar-refractivity contribution in [3.05, 3.63) is 40.3 Å². The predicted octanol–water partition coefficient (Wildman–Crippen LogP) is 3.63. The van der Waals surface area contributed by atoms with Crippen LogP contribution in [0.3, 0.4) is 0 Å². The van der Waals surface area contributed by atoms with Crippen LogP contribution in [0.1, 0.15) is 24.2 Å². The minimum absolute atomic E-state index is 0.217. The number of nitrogens with zero attached hydrogens (tertiary/aromatic N) is 1. The van der Waals surface area contributed by atoms with E-state index in [1.165, 1.54) is 0 Å². The third-order valence-corrected chi connectivity index (χ3v) is 3.28. The standard InChI is InChI=1S/C13H16N2OS/c1-9-6-11(4-5-13(9)16-3)15-10(2)12-7-17-8-14-12/h4-8,10,15H,1-3H3. The van der Waals surface area contributed by atoms with Gasteiger partial charge in [-0.25, -0.2) is 4.98 Å². The van der Waals surface area contributed by atoms with E-state index in [1.54, 1.807) is 18.4 Å². The number of methoxy groups -OCH3 is 1. The molecule has 1 aromatic carbocycles. The zero-order valence-electron chi connectivity index (χ0n) is 10.2. The maximum absolute atomic E-state index is 5.24. The van der Waals surface area contributed by atoms with Gasteiger partial charge in [-0.3, -0.25) is 0 Å². The molecule has 4 heteroatoms. The number of anilines is 1. The molecule has 0 radical (unpaired) electrons. The molecule has 2 aromatic rings. The van der Waals surface area contributed by atoms with E-state index >= 15 is 0 Å². The summed E-state index contributed by atoms with van der Waals surface area (Å²) in [6.45, 7) is 4.14. The number of hydrogen-bond acceptors (Lipinski definition) is 4. The van der Waals surface area contributed by atoms with Gasteiger partial charge in [0, 0.05) is 11.1 Å². The lowest BCUT2D eigenvalue weighted by Crippen LogP contribution is -2.07. The first kappa shape index (κ1) is 11.9. The lowest BCUT2D eigenvalue weighted by Gasteiger charge is -2.14. The molecular weight excluding hydrogens is 232 g/mol. The molecule has 17 heavy (non-hydrogen) atoms. The average Bonchev–Trinajstić information content (AvgIpc) is 2.82. The monoisotopic (exact) mass is 248 g/mol. The van der Waals surface area contributed by atoms with Crippen molar-refractivity contribution >= 4 is 17.0 Å². The quantitative estimate of drug-likeness (QED) is 0.897. The summed E-state index contributed by atoms with van der Waals surface area (Å²) in [5.41, 5.74) is 5.14. The van der Waals surface area contributed by atoms with Crippen molar-refractivity contribution in [2.75, 3.05) is 12.4 Å². The molecule has 0 amide bonds. The van der Waals surface area contributed by atoms with Crippen LogP contribution >= 0.6 is 11.3 Å². The van der Waals surface area contributed by atoms with Gasteiger partial charge in [-0.2, -0.15) is 0 Å². The van der Waals surface area contributed by atoms with Crippen LogP contribution in [0.15, 0.2) is 29.1 Å². The predicted molar refractivity (Wildman–Crippen MR) is 71.9 cm³/mol. The molecule has 0 saturated heterocycles. The molecule has 3 nitrogen and oxygen atoms in total. The van der Waals surface area contributed by atoms with Crippen LogP contribution in [0.2, 0.25) is 0 Å². The highest BCUT2D eigenvalue weighted by molar-refractivity contribution is 7.07. The molecule has 0 bridgehead atoms. The highest BCUT2D eigenvalue weighted by atomic mass is 32.1. The van der Waals surface area contributed by atoms with Gasteiger partial charge in [-0.1, -0.05) is 0 Å². The summed E-state index contributed by atoms with van der Waals surface area (Å²) >= 11 is 1.62. The van der Waals surface area contributed by atoms with Gasteiger partial charge in [0.1, 0.15) is 5.75 Å². The number of benzene rings is 1. The topological polar surface area (TPSA) is 34.1 Å². The van der Waals surface area contributed by atoms with Gasteiger partial charge in [0.25, 0.3) is 0 Å². The maximum atomic E-state index is 5.24. The van der Waals surface area contributed by atoms with E-state index in [4.69, 9.17) is 4.74 Å². The van der Waals surface area contributed by atoms with E-state index in [9.17, 15) is 0 Å². The Kier molecular flexibility index (Phi) is 3.64. The largest absolute Gasteiger partial charge is 0.496 e.